The summed E-state index contributed by atoms with van der Waals surface area (Å²) < 4.78 is 46.2. The molecule has 0 radical (unpaired) electrons. The summed E-state index contributed by atoms with van der Waals surface area (Å²) in [7, 11) is 0. The molecule has 0 aliphatic carbocycles. The van der Waals surface area contributed by atoms with Gasteiger partial charge in [-0.25, -0.2) is 4.98 Å². The lowest BCUT2D eigenvalue weighted by Gasteiger charge is -2.15. The van der Waals surface area contributed by atoms with Crippen LogP contribution in [0.15, 0.2) is 54.7 Å². The highest BCUT2D eigenvalue weighted by molar-refractivity contribution is 5.64. The van der Waals surface area contributed by atoms with Crippen LogP contribution in [0.25, 0.3) is 0 Å². The van der Waals surface area contributed by atoms with Crippen LogP contribution in [0.5, 0.6) is 5.75 Å². The highest BCUT2D eigenvalue weighted by atomic mass is 19.4. The largest absolute Gasteiger partial charge is 0.494 e. The summed E-state index contributed by atoms with van der Waals surface area (Å²) in [4.78, 5) is 7.96. The van der Waals surface area contributed by atoms with Crippen LogP contribution < -0.4 is 15.4 Å². The summed E-state index contributed by atoms with van der Waals surface area (Å²) >= 11 is 0. The fourth-order valence-corrected chi connectivity index (χ4v) is 3.09. The van der Waals surface area contributed by atoms with Gasteiger partial charge in [0.2, 0.25) is 5.95 Å². The summed E-state index contributed by atoms with van der Waals surface area (Å²) in [5.74, 6) is 0.834. The zero-order valence-corrected chi connectivity index (χ0v) is 18.3. The first kappa shape index (κ1) is 23.4. The fourth-order valence-electron chi connectivity index (χ4n) is 3.09. The van der Waals surface area contributed by atoms with Crippen LogP contribution in [0, 0.1) is 5.92 Å². The van der Waals surface area contributed by atoms with Gasteiger partial charge >= 0.3 is 6.18 Å². The van der Waals surface area contributed by atoms with E-state index in [0.717, 1.165) is 19.0 Å². The van der Waals surface area contributed by atoms with E-state index in [4.69, 9.17) is 4.74 Å². The molecule has 0 saturated heterocycles. The minimum atomic E-state index is -4.60. The third-order valence-electron chi connectivity index (χ3n) is 4.52. The molecular formula is C24H27F3N4O. The predicted molar refractivity (Wildman–Crippen MR) is 121 cm³/mol. The van der Waals surface area contributed by atoms with Crippen LogP contribution in [-0.4, -0.2) is 16.6 Å². The number of aromatic nitrogens is 2. The van der Waals surface area contributed by atoms with Gasteiger partial charge in [0, 0.05) is 23.6 Å². The molecule has 8 heteroatoms. The van der Waals surface area contributed by atoms with Gasteiger partial charge in [-0.1, -0.05) is 39.0 Å². The average molecular weight is 445 g/mol. The van der Waals surface area contributed by atoms with E-state index in [1.165, 1.54) is 5.56 Å². The van der Waals surface area contributed by atoms with Gasteiger partial charge in [-0.3, -0.25) is 0 Å². The molecule has 0 bridgehead atoms. The maximum Gasteiger partial charge on any atom is 0.421 e. The highest BCUT2D eigenvalue weighted by Gasteiger charge is 2.35. The highest BCUT2D eigenvalue weighted by Crippen LogP contribution is 2.35. The lowest BCUT2D eigenvalue weighted by atomic mass is 10.0. The Morgan fingerprint density at radius 1 is 1.00 bits per heavy atom. The number of nitrogens with one attached hydrogen (secondary N) is 2. The molecule has 0 aliphatic heterocycles. The van der Waals surface area contributed by atoms with Gasteiger partial charge in [-0.05, 0) is 48.6 Å². The monoisotopic (exact) mass is 444 g/mol. The van der Waals surface area contributed by atoms with E-state index in [1.54, 1.807) is 24.3 Å². The Bertz CT molecular complexity index is 1020. The Morgan fingerprint density at radius 2 is 1.75 bits per heavy atom. The summed E-state index contributed by atoms with van der Waals surface area (Å²) in [5, 5.41) is 5.74. The number of benzene rings is 2. The zero-order valence-electron chi connectivity index (χ0n) is 18.3. The number of anilines is 4. The van der Waals surface area contributed by atoms with Crippen LogP contribution in [0.1, 0.15) is 38.3 Å². The van der Waals surface area contributed by atoms with Crippen molar-refractivity contribution in [2.75, 3.05) is 17.2 Å². The van der Waals surface area contributed by atoms with E-state index in [-0.39, 0.29) is 11.8 Å². The SMILES string of the molecule is CCCOc1cccc(Nc2nc(Nc3ccc(CC(C)C)cc3)ncc2C(F)(F)F)c1. The first-order valence-corrected chi connectivity index (χ1v) is 10.5. The maximum atomic E-state index is 13.5. The van der Waals surface area contributed by atoms with Crippen molar-refractivity contribution in [1.82, 2.24) is 9.97 Å². The third-order valence-corrected chi connectivity index (χ3v) is 4.52. The Kier molecular flexibility index (Phi) is 7.56. The smallest absolute Gasteiger partial charge is 0.421 e. The Labute approximate surface area is 186 Å². The van der Waals surface area contributed by atoms with E-state index in [2.05, 4.69) is 34.4 Å². The molecule has 0 atom stereocenters. The number of halogens is 3. The summed E-state index contributed by atoms with van der Waals surface area (Å²) in [6.07, 6.45) is -2.04. The van der Waals surface area contributed by atoms with Crippen molar-refractivity contribution in [1.29, 1.82) is 0 Å². The number of ether oxygens (including phenoxy) is 1. The van der Waals surface area contributed by atoms with Gasteiger partial charge in [0.05, 0.1) is 6.61 Å². The number of rotatable bonds is 9. The molecular weight excluding hydrogens is 417 g/mol. The summed E-state index contributed by atoms with van der Waals surface area (Å²) in [6, 6.07) is 14.4. The topological polar surface area (TPSA) is 59.1 Å². The molecule has 0 spiro atoms. The standard InChI is InChI=1S/C24H27F3N4O/c1-4-12-32-20-7-5-6-19(14-20)29-22-21(24(25,26)27)15-28-23(31-22)30-18-10-8-17(9-11-18)13-16(2)3/h5-11,14-16H,4,12-13H2,1-3H3,(H2,28,29,30,31). The number of nitrogens with zero attached hydrogens (tertiary/aromatic N) is 2. The van der Waals surface area contributed by atoms with E-state index in [1.807, 2.05) is 31.2 Å². The molecule has 0 saturated carbocycles. The van der Waals surface area contributed by atoms with Crippen LogP contribution in [0.3, 0.4) is 0 Å². The Balaban J connectivity index is 1.84. The van der Waals surface area contributed by atoms with Gasteiger partial charge in [0.25, 0.3) is 0 Å². The first-order valence-electron chi connectivity index (χ1n) is 10.5. The van der Waals surface area contributed by atoms with Gasteiger partial charge in [0.15, 0.2) is 0 Å². The number of hydrogen-bond acceptors (Lipinski definition) is 5. The van der Waals surface area contributed by atoms with E-state index < -0.39 is 11.7 Å². The Morgan fingerprint density at radius 3 is 2.41 bits per heavy atom. The minimum absolute atomic E-state index is 0.0653. The lowest BCUT2D eigenvalue weighted by Crippen LogP contribution is -2.12. The molecule has 1 heterocycles. The van der Waals surface area contributed by atoms with Crippen molar-refractivity contribution < 1.29 is 17.9 Å². The van der Waals surface area contributed by atoms with Crippen molar-refractivity contribution in [2.24, 2.45) is 5.92 Å². The van der Waals surface area contributed by atoms with E-state index in [0.29, 0.717) is 29.6 Å². The van der Waals surface area contributed by atoms with Crippen LogP contribution in [0.4, 0.5) is 36.3 Å². The van der Waals surface area contributed by atoms with Crippen molar-refractivity contribution in [2.45, 2.75) is 39.8 Å². The second kappa shape index (κ2) is 10.3. The quantitative estimate of drug-likeness (QED) is 0.373. The third kappa shape index (κ3) is 6.60. The molecule has 1 aromatic heterocycles. The molecule has 0 aliphatic rings. The molecule has 5 nitrogen and oxygen atoms in total. The molecule has 170 valence electrons. The van der Waals surface area contributed by atoms with E-state index in [9.17, 15) is 13.2 Å². The van der Waals surface area contributed by atoms with Crippen molar-refractivity contribution in [3.05, 3.63) is 65.9 Å². The number of alkyl halides is 3. The van der Waals surface area contributed by atoms with Crippen LogP contribution in [0.2, 0.25) is 0 Å². The van der Waals surface area contributed by atoms with Crippen LogP contribution in [-0.2, 0) is 12.6 Å². The second-order valence-corrected chi connectivity index (χ2v) is 7.87. The second-order valence-electron chi connectivity index (χ2n) is 7.87. The number of hydrogen-bond donors (Lipinski definition) is 2. The van der Waals surface area contributed by atoms with Gasteiger partial charge in [-0.2, -0.15) is 18.2 Å². The van der Waals surface area contributed by atoms with Crippen molar-refractivity contribution in [3.63, 3.8) is 0 Å². The van der Waals surface area contributed by atoms with Gasteiger partial charge in [-0.15, -0.1) is 0 Å². The fraction of sp³-hybridized carbons (Fsp3) is 0.333. The maximum absolute atomic E-state index is 13.5. The first-order chi connectivity index (χ1) is 15.2. The minimum Gasteiger partial charge on any atom is -0.494 e. The van der Waals surface area contributed by atoms with Crippen molar-refractivity contribution >= 4 is 23.1 Å². The molecule has 0 unspecified atom stereocenters. The molecule has 3 aromatic rings. The summed E-state index contributed by atoms with van der Waals surface area (Å²) in [5.41, 5.74) is 1.37. The molecule has 32 heavy (non-hydrogen) atoms. The van der Waals surface area contributed by atoms with E-state index >= 15 is 0 Å². The van der Waals surface area contributed by atoms with Crippen LogP contribution >= 0.6 is 0 Å². The molecule has 0 fully saturated rings. The predicted octanol–water partition coefficient (Wildman–Crippen LogP) is 6.97. The van der Waals surface area contributed by atoms with Gasteiger partial charge < -0.3 is 15.4 Å². The molecule has 0 amide bonds. The molecule has 2 N–H and O–H groups in total. The van der Waals surface area contributed by atoms with Gasteiger partial charge in [0.1, 0.15) is 17.1 Å². The normalized spacial score (nSPS) is 11.5. The molecule has 2 aromatic carbocycles. The summed E-state index contributed by atoms with van der Waals surface area (Å²) in [6.45, 7) is 6.78. The van der Waals surface area contributed by atoms with Crippen molar-refractivity contribution in [3.8, 4) is 5.75 Å². The zero-order chi connectivity index (χ0) is 23.1. The molecule has 3 rings (SSSR count). The lowest BCUT2D eigenvalue weighted by molar-refractivity contribution is -0.137. The average Bonchev–Trinajstić information content (AvgIpc) is 2.73. The Hall–Kier alpha value is -3.29.